The van der Waals surface area contributed by atoms with Crippen LogP contribution in [0, 0.1) is 0 Å². The molecule has 3 rings (SSSR count). The number of carboxylic acid groups (broad SMARTS) is 1. The van der Waals surface area contributed by atoms with Gasteiger partial charge in [0, 0.05) is 0 Å². The van der Waals surface area contributed by atoms with Crippen molar-refractivity contribution in [1.82, 2.24) is 9.55 Å². The van der Waals surface area contributed by atoms with Gasteiger partial charge in [0.25, 0.3) is 5.56 Å². The van der Waals surface area contributed by atoms with Gasteiger partial charge in [0.2, 0.25) is 0 Å². The number of aromatic nitrogens is 2. The molecule has 0 saturated carbocycles. The Balaban J connectivity index is 2.29. The van der Waals surface area contributed by atoms with E-state index in [4.69, 9.17) is 11.6 Å². The van der Waals surface area contributed by atoms with Crippen LogP contribution in [-0.2, 0) is 0 Å². The first-order valence-corrected chi connectivity index (χ1v) is 6.97. The van der Waals surface area contributed by atoms with Crippen LogP contribution < -0.4 is 5.56 Å². The van der Waals surface area contributed by atoms with Crippen LogP contribution in [0.3, 0.4) is 0 Å². The average Bonchev–Trinajstić information content (AvgIpc) is 2.54. The monoisotopic (exact) mass is 314 g/mol. The Morgan fingerprint density at radius 1 is 1.09 bits per heavy atom. The summed E-state index contributed by atoms with van der Waals surface area (Å²) in [6.45, 7) is 0. The highest BCUT2D eigenvalue weighted by atomic mass is 35.5. The summed E-state index contributed by atoms with van der Waals surface area (Å²) in [4.78, 5) is 28.2. The fraction of sp³-hybridized carbons (Fsp3) is 0.0625. The van der Waals surface area contributed by atoms with Gasteiger partial charge < -0.3 is 5.11 Å². The summed E-state index contributed by atoms with van der Waals surface area (Å²) >= 11 is 6.35. The smallest absolute Gasteiger partial charge is 0.419 e. The second-order valence-electron chi connectivity index (χ2n) is 4.68. The molecular formula is C16H11ClN2O3. The largest absolute Gasteiger partial charge is 0.464 e. The Morgan fingerprint density at radius 3 is 2.41 bits per heavy atom. The molecule has 3 aromatic rings. The van der Waals surface area contributed by atoms with E-state index in [0.29, 0.717) is 15.6 Å². The molecule has 1 unspecified atom stereocenters. The zero-order valence-electron chi connectivity index (χ0n) is 11.3. The van der Waals surface area contributed by atoms with Crippen molar-refractivity contribution >= 4 is 28.7 Å². The number of hydrogen-bond acceptors (Lipinski definition) is 3. The lowest BCUT2D eigenvalue weighted by molar-refractivity contribution is 0.196. The number of halogens is 1. The van der Waals surface area contributed by atoms with Crippen LogP contribution in [0.2, 0.25) is 0 Å². The number of benzene rings is 2. The molecule has 0 amide bonds. The number of carbonyl (C=O) groups is 1. The predicted octanol–water partition coefficient (Wildman–Crippen LogP) is 3.25. The van der Waals surface area contributed by atoms with E-state index in [9.17, 15) is 14.7 Å². The Morgan fingerprint density at radius 2 is 1.73 bits per heavy atom. The Hall–Kier alpha value is -2.66. The van der Waals surface area contributed by atoms with Crippen molar-refractivity contribution in [2.24, 2.45) is 0 Å². The Kier molecular flexibility index (Phi) is 3.65. The summed E-state index contributed by atoms with van der Waals surface area (Å²) in [7, 11) is 0. The maximum Gasteiger partial charge on any atom is 0.419 e. The van der Waals surface area contributed by atoms with Gasteiger partial charge in [-0.15, -0.1) is 11.6 Å². The highest BCUT2D eigenvalue weighted by molar-refractivity contribution is 6.22. The molecule has 0 aliphatic heterocycles. The van der Waals surface area contributed by atoms with Crippen LogP contribution in [0.4, 0.5) is 4.79 Å². The van der Waals surface area contributed by atoms with E-state index in [2.05, 4.69) is 4.98 Å². The maximum absolute atomic E-state index is 12.5. The lowest BCUT2D eigenvalue weighted by Crippen LogP contribution is -2.31. The van der Waals surface area contributed by atoms with Gasteiger partial charge in [-0.05, 0) is 17.7 Å². The molecule has 5 nitrogen and oxygen atoms in total. The minimum Gasteiger partial charge on any atom is -0.464 e. The summed E-state index contributed by atoms with van der Waals surface area (Å²) in [5.41, 5.74) is 0.590. The molecule has 0 aliphatic rings. The molecule has 0 radical (unpaired) electrons. The third-order valence-corrected chi connectivity index (χ3v) is 3.77. The topological polar surface area (TPSA) is 72.2 Å². The van der Waals surface area contributed by atoms with Crippen LogP contribution >= 0.6 is 11.6 Å². The van der Waals surface area contributed by atoms with Crippen molar-refractivity contribution in [3.05, 3.63) is 76.2 Å². The quantitative estimate of drug-likeness (QED) is 0.737. The van der Waals surface area contributed by atoms with Gasteiger partial charge in [-0.1, -0.05) is 42.5 Å². The summed E-state index contributed by atoms with van der Waals surface area (Å²) < 4.78 is 0.677. The van der Waals surface area contributed by atoms with E-state index < -0.39 is 17.0 Å². The van der Waals surface area contributed by atoms with E-state index in [0.717, 1.165) is 0 Å². The minimum absolute atomic E-state index is 0.00559. The summed E-state index contributed by atoms with van der Waals surface area (Å²) in [6, 6.07) is 15.5. The molecule has 0 spiro atoms. The van der Waals surface area contributed by atoms with Gasteiger partial charge in [-0.25, -0.2) is 14.3 Å². The Bertz CT molecular complexity index is 906. The average molecular weight is 315 g/mol. The van der Waals surface area contributed by atoms with Gasteiger partial charge in [-0.3, -0.25) is 4.79 Å². The number of para-hydroxylation sites is 2. The molecule has 6 heteroatoms. The van der Waals surface area contributed by atoms with Crippen LogP contribution in [0.1, 0.15) is 16.6 Å². The lowest BCUT2D eigenvalue weighted by Gasteiger charge is -2.12. The summed E-state index contributed by atoms with van der Waals surface area (Å²) in [6.07, 6.45) is -1.36. The molecule has 1 heterocycles. The van der Waals surface area contributed by atoms with Gasteiger partial charge in [0.05, 0.1) is 11.0 Å². The van der Waals surface area contributed by atoms with Crippen molar-refractivity contribution in [2.45, 2.75) is 5.38 Å². The van der Waals surface area contributed by atoms with Crippen molar-refractivity contribution < 1.29 is 9.90 Å². The SMILES string of the molecule is O=C(O)n1c(=O)c(C(Cl)c2ccccc2)nc2ccccc21. The van der Waals surface area contributed by atoms with Crippen molar-refractivity contribution in [2.75, 3.05) is 0 Å². The molecule has 0 aliphatic carbocycles. The van der Waals surface area contributed by atoms with Crippen LogP contribution in [0.5, 0.6) is 0 Å². The van der Waals surface area contributed by atoms with Crippen molar-refractivity contribution in [3.8, 4) is 0 Å². The number of rotatable bonds is 2. The predicted molar refractivity (Wildman–Crippen MR) is 83.6 cm³/mol. The van der Waals surface area contributed by atoms with Gasteiger partial charge in [0.15, 0.2) is 0 Å². The number of fused-ring (bicyclic) bond motifs is 1. The fourth-order valence-corrected chi connectivity index (χ4v) is 2.57. The van der Waals surface area contributed by atoms with Gasteiger partial charge in [-0.2, -0.15) is 0 Å². The van der Waals surface area contributed by atoms with Gasteiger partial charge >= 0.3 is 6.09 Å². The van der Waals surface area contributed by atoms with Crippen LogP contribution in [0.25, 0.3) is 11.0 Å². The molecule has 1 N–H and O–H groups in total. The Labute approximate surface area is 130 Å². The third kappa shape index (κ3) is 2.35. The first kappa shape index (κ1) is 14.3. The molecule has 22 heavy (non-hydrogen) atoms. The van der Waals surface area contributed by atoms with Crippen LogP contribution in [-0.4, -0.2) is 20.8 Å². The summed E-state index contributed by atoms with van der Waals surface area (Å²) in [5, 5.41) is 8.52. The number of alkyl halides is 1. The first-order chi connectivity index (χ1) is 10.6. The highest BCUT2D eigenvalue weighted by Gasteiger charge is 2.21. The maximum atomic E-state index is 12.5. The van der Waals surface area contributed by atoms with E-state index >= 15 is 0 Å². The first-order valence-electron chi connectivity index (χ1n) is 6.53. The third-order valence-electron chi connectivity index (χ3n) is 3.31. The minimum atomic E-state index is -1.36. The second-order valence-corrected chi connectivity index (χ2v) is 5.12. The molecule has 1 atom stereocenters. The number of hydrogen-bond donors (Lipinski definition) is 1. The molecule has 0 bridgehead atoms. The van der Waals surface area contributed by atoms with Crippen molar-refractivity contribution in [3.63, 3.8) is 0 Å². The summed E-state index contributed by atoms with van der Waals surface area (Å²) in [5.74, 6) is 0. The zero-order chi connectivity index (χ0) is 15.7. The number of nitrogens with zero attached hydrogens (tertiary/aromatic N) is 2. The zero-order valence-corrected chi connectivity index (χ0v) is 12.1. The van der Waals surface area contributed by atoms with E-state index in [-0.39, 0.29) is 11.2 Å². The van der Waals surface area contributed by atoms with E-state index in [1.54, 1.807) is 42.5 Å². The van der Waals surface area contributed by atoms with E-state index in [1.807, 2.05) is 6.07 Å². The molecular weight excluding hydrogens is 304 g/mol. The second kappa shape index (κ2) is 5.61. The van der Waals surface area contributed by atoms with Crippen molar-refractivity contribution in [1.29, 1.82) is 0 Å². The molecule has 1 aromatic heterocycles. The molecule has 0 saturated heterocycles. The fourth-order valence-electron chi connectivity index (χ4n) is 2.28. The van der Waals surface area contributed by atoms with Crippen LogP contribution in [0.15, 0.2) is 59.4 Å². The van der Waals surface area contributed by atoms with E-state index in [1.165, 1.54) is 6.07 Å². The standard InChI is InChI=1S/C16H11ClN2O3/c17-13(10-6-2-1-3-7-10)14-15(20)19(16(21)22)12-9-5-4-8-11(12)18-14/h1-9,13H,(H,21,22). The normalized spacial score (nSPS) is 12.2. The molecule has 110 valence electrons. The molecule has 0 fully saturated rings. The highest BCUT2D eigenvalue weighted by Crippen LogP contribution is 2.26. The van der Waals surface area contributed by atoms with Gasteiger partial charge in [0.1, 0.15) is 11.1 Å². The lowest BCUT2D eigenvalue weighted by atomic mass is 10.1. The molecule has 2 aromatic carbocycles.